The molecule has 3 rings (SSSR count). The molecule has 1 aromatic carbocycles. The molecular weight excluding hydrogens is 430 g/mol. The zero-order chi connectivity index (χ0) is 21.7. The van der Waals surface area contributed by atoms with Crippen molar-refractivity contribution in [3.8, 4) is 11.3 Å². The van der Waals surface area contributed by atoms with Crippen molar-refractivity contribution in [1.29, 1.82) is 0 Å². The molecule has 1 fully saturated rings. The van der Waals surface area contributed by atoms with Crippen LogP contribution in [0.4, 0.5) is 8.78 Å². The largest absolute Gasteiger partial charge is 0.481 e. The number of hydrogen-bond donors (Lipinski definition) is 1. The number of nitrogens with zero attached hydrogens (tertiary/aromatic N) is 2. The zero-order valence-corrected chi connectivity index (χ0v) is 17.4. The number of thiocarbonyl (C=S) groups is 1. The van der Waals surface area contributed by atoms with Crippen molar-refractivity contribution in [2.24, 2.45) is 0 Å². The SMILES string of the molecule is O=C(O)CCCCCN1C(=O)C(=Cc2cccc(-c3cc(F)cc(F)c3)n2)SC1=S. The predicted molar refractivity (Wildman–Crippen MR) is 116 cm³/mol. The van der Waals surface area contributed by atoms with Gasteiger partial charge < -0.3 is 5.11 Å². The van der Waals surface area contributed by atoms with Crippen LogP contribution in [0.15, 0.2) is 41.3 Å². The quantitative estimate of drug-likeness (QED) is 0.353. The maximum absolute atomic E-state index is 13.5. The van der Waals surface area contributed by atoms with Gasteiger partial charge in [0.2, 0.25) is 0 Å². The highest BCUT2D eigenvalue weighted by Gasteiger charge is 2.31. The van der Waals surface area contributed by atoms with Gasteiger partial charge in [0.05, 0.1) is 16.3 Å². The van der Waals surface area contributed by atoms with Gasteiger partial charge in [0.15, 0.2) is 0 Å². The van der Waals surface area contributed by atoms with E-state index in [1.807, 2.05) is 0 Å². The summed E-state index contributed by atoms with van der Waals surface area (Å²) in [5, 5.41) is 8.66. The lowest BCUT2D eigenvalue weighted by Crippen LogP contribution is -2.29. The van der Waals surface area contributed by atoms with Crippen LogP contribution in [0.1, 0.15) is 31.4 Å². The van der Waals surface area contributed by atoms with Crippen molar-refractivity contribution in [3.63, 3.8) is 0 Å². The fourth-order valence-corrected chi connectivity index (χ4v) is 4.24. The number of aliphatic carboxylic acids is 1. The fraction of sp³-hybridized carbons (Fsp3) is 0.238. The first-order chi connectivity index (χ1) is 14.3. The molecule has 0 saturated carbocycles. The molecule has 2 heterocycles. The number of carboxylic acid groups (broad SMARTS) is 1. The van der Waals surface area contributed by atoms with Crippen LogP contribution in [-0.2, 0) is 9.59 Å². The van der Waals surface area contributed by atoms with Gasteiger partial charge in [-0.25, -0.2) is 13.8 Å². The fourth-order valence-electron chi connectivity index (χ4n) is 2.94. The molecule has 2 aromatic rings. The third-order valence-corrected chi connectivity index (χ3v) is 5.73. The first kappa shape index (κ1) is 22.0. The van der Waals surface area contributed by atoms with Crippen molar-refractivity contribution in [3.05, 3.63) is 58.6 Å². The molecule has 0 atom stereocenters. The Morgan fingerprint density at radius 3 is 2.60 bits per heavy atom. The average Bonchev–Trinajstić information content (AvgIpc) is 2.94. The van der Waals surface area contributed by atoms with E-state index in [0.717, 1.165) is 6.07 Å². The topological polar surface area (TPSA) is 70.5 Å². The van der Waals surface area contributed by atoms with E-state index in [1.165, 1.54) is 28.8 Å². The van der Waals surface area contributed by atoms with Gasteiger partial charge in [-0.3, -0.25) is 14.5 Å². The minimum atomic E-state index is -0.834. The van der Waals surface area contributed by atoms with E-state index in [-0.39, 0.29) is 12.3 Å². The predicted octanol–water partition coefficient (Wildman–Crippen LogP) is 4.87. The summed E-state index contributed by atoms with van der Waals surface area (Å²) < 4.78 is 27.4. The summed E-state index contributed by atoms with van der Waals surface area (Å²) in [5.41, 5.74) is 1.16. The zero-order valence-electron chi connectivity index (χ0n) is 15.8. The van der Waals surface area contributed by atoms with E-state index in [9.17, 15) is 18.4 Å². The van der Waals surface area contributed by atoms with Crippen LogP contribution in [0.3, 0.4) is 0 Å². The number of carbonyl (C=O) groups excluding carboxylic acids is 1. The van der Waals surface area contributed by atoms with Gasteiger partial charge in [-0.1, -0.05) is 36.5 Å². The van der Waals surface area contributed by atoms with E-state index < -0.39 is 17.6 Å². The highest BCUT2D eigenvalue weighted by Crippen LogP contribution is 2.33. The number of halogens is 2. The molecule has 0 aliphatic carbocycles. The Bertz CT molecular complexity index is 1010. The summed E-state index contributed by atoms with van der Waals surface area (Å²) in [4.78, 5) is 29.5. The standard InChI is InChI=1S/C21H18F2N2O3S2/c22-14-9-13(10-15(23)11-14)17-6-4-5-16(24-17)12-18-20(28)25(21(29)30-18)8-3-1-2-7-19(26)27/h4-6,9-12H,1-3,7-8H2,(H,26,27). The van der Waals surface area contributed by atoms with Crippen LogP contribution in [0.5, 0.6) is 0 Å². The van der Waals surface area contributed by atoms with Crippen molar-refractivity contribution in [2.45, 2.75) is 25.7 Å². The molecule has 1 aliphatic heterocycles. The summed E-state index contributed by atoms with van der Waals surface area (Å²) in [6, 6.07) is 8.20. The molecule has 30 heavy (non-hydrogen) atoms. The molecule has 0 bridgehead atoms. The van der Waals surface area contributed by atoms with Gasteiger partial charge in [-0.2, -0.15) is 0 Å². The summed E-state index contributed by atoms with van der Waals surface area (Å²) in [6.07, 6.45) is 3.61. The molecule has 1 saturated heterocycles. The monoisotopic (exact) mass is 448 g/mol. The maximum atomic E-state index is 13.5. The number of rotatable bonds is 8. The van der Waals surface area contributed by atoms with E-state index in [0.29, 0.717) is 52.0 Å². The Morgan fingerprint density at radius 1 is 1.17 bits per heavy atom. The second-order valence-corrected chi connectivity index (χ2v) is 8.32. The van der Waals surface area contributed by atoms with Crippen LogP contribution in [0.25, 0.3) is 17.3 Å². The van der Waals surface area contributed by atoms with Crippen molar-refractivity contribution in [1.82, 2.24) is 9.88 Å². The molecule has 1 amide bonds. The smallest absolute Gasteiger partial charge is 0.303 e. The number of amides is 1. The Balaban J connectivity index is 1.70. The average molecular weight is 449 g/mol. The first-order valence-corrected chi connectivity index (χ1v) is 10.5. The number of hydrogen-bond acceptors (Lipinski definition) is 5. The number of thioether (sulfide) groups is 1. The number of carbonyl (C=O) groups is 2. The van der Waals surface area contributed by atoms with Gasteiger partial charge in [0.25, 0.3) is 5.91 Å². The Morgan fingerprint density at radius 2 is 1.90 bits per heavy atom. The van der Waals surface area contributed by atoms with E-state index in [2.05, 4.69) is 4.98 Å². The van der Waals surface area contributed by atoms with Gasteiger partial charge in [0, 0.05) is 24.6 Å². The van der Waals surface area contributed by atoms with Gasteiger partial charge in [-0.15, -0.1) is 0 Å². The van der Waals surface area contributed by atoms with Crippen LogP contribution < -0.4 is 0 Å². The van der Waals surface area contributed by atoms with Crippen molar-refractivity contribution < 1.29 is 23.5 Å². The number of aromatic nitrogens is 1. The third kappa shape index (κ3) is 5.70. The highest BCUT2D eigenvalue weighted by molar-refractivity contribution is 8.26. The Kier molecular flexibility index (Phi) is 7.28. The number of unbranched alkanes of at least 4 members (excludes halogenated alkanes) is 2. The van der Waals surface area contributed by atoms with Gasteiger partial charge in [-0.05, 0) is 43.2 Å². The first-order valence-electron chi connectivity index (χ1n) is 9.24. The lowest BCUT2D eigenvalue weighted by atomic mass is 10.1. The van der Waals surface area contributed by atoms with Crippen LogP contribution in [0.2, 0.25) is 0 Å². The molecule has 156 valence electrons. The molecule has 1 N–H and O–H groups in total. The minimum Gasteiger partial charge on any atom is -0.481 e. The molecular formula is C21H18F2N2O3S2. The van der Waals surface area contributed by atoms with Gasteiger partial charge in [0.1, 0.15) is 16.0 Å². The normalized spacial score (nSPS) is 15.3. The lowest BCUT2D eigenvalue weighted by molar-refractivity contribution is -0.137. The van der Waals surface area contributed by atoms with E-state index >= 15 is 0 Å². The summed E-state index contributed by atoms with van der Waals surface area (Å²) in [7, 11) is 0. The Labute approximate surface area is 181 Å². The van der Waals surface area contributed by atoms with Crippen molar-refractivity contribution >= 4 is 46.3 Å². The number of benzene rings is 1. The molecule has 0 unspecified atom stereocenters. The number of carboxylic acids is 1. The van der Waals surface area contributed by atoms with Crippen LogP contribution >= 0.6 is 24.0 Å². The molecule has 9 heteroatoms. The molecule has 1 aliphatic rings. The molecule has 5 nitrogen and oxygen atoms in total. The molecule has 0 spiro atoms. The maximum Gasteiger partial charge on any atom is 0.303 e. The second kappa shape index (κ2) is 9.90. The molecule has 0 radical (unpaired) electrons. The number of pyridine rings is 1. The summed E-state index contributed by atoms with van der Waals surface area (Å²) >= 11 is 6.46. The lowest BCUT2D eigenvalue weighted by Gasteiger charge is -2.13. The van der Waals surface area contributed by atoms with Crippen LogP contribution in [-0.4, -0.2) is 37.7 Å². The Hall–Kier alpha value is -2.65. The summed E-state index contributed by atoms with van der Waals surface area (Å²) in [5.74, 6) is -2.45. The third-order valence-electron chi connectivity index (χ3n) is 4.35. The summed E-state index contributed by atoms with van der Waals surface area (Å²) in [6.45, 7) is 0.428. The van der Waals surface area contributed by atoms with Gasteiger partial charge >= 0.3 is 5.97 Å². The molecule has 1 aromatic heterocycles. The van der Waals surface area contributed by atoms with Crippen LogP contribution in [0, 0.1) is 11.6 Å². The van der Waals surface area contributed by atoms with Crippen molar-refractivity contribution in [2.75, 3.05) is 6.54 Å². The second-order valence-electron chi connectivity index (χ2n) is 6.64. The van der Waals surface area contributed by atoms with E-state index in [1.54, 1.807) is 24.3 Å². The minimum absolute atomic E-state index is 0.107. The highest BCUT2D eigenvalue weighted by atomic mass is 32.2. The van der Waals surface area contributed by atoms with E-state index in [4.69, 9.17) is 17.3 Å².